The first-order valence-electron chi connectivity index (χ1n) is 8.33. The maximum absolute atomic E-state index is 13.9. The van der Waals surface area contributed by atoms with Crippen LogP contribution in [0.15, 0.2) is 35.0 Å². The van der Waals surface area contributed by atoms with Crippen molar-refractivity contribution >= 4 is 0 Å². The third-order valence-electron chi connectivity index (χ3n) is 4.59. The molecule has 1 fully saturated rings. The topological polar surface area (TPSA) is 82.1 Å². The molecule has 0 unspecified atom stereocenters. The number of halogens is 1. The van der Waals surface area contributed by atoms with Gasteiger partial charge in [0, 0.05) is 39.4 Å². The summed E-state index contributed by atoms with van der Waals surface area (Å²) in [6.07, 6.45) is 1.92. The summed E-state index contributed by atoms with van der Waals surface area (Å²) in [6.45, 7) is 1.93. The predicted molar refractivity (Wildman–Crippen MR) is 89.5 cm³/mol. The first kappa shape index (κ1) is 16.8. The molecule has 1 aromatic carbocycles. The van der Waals surface area contributed by atoms with E-state index in [9.17, 15) is 4.39 Å². The van der Waals surface area contributed by atoms with Gasteiger partial charge in [0.15, 0.2) is 0 Å². The van der Waals surface area contributed by atoms with Crippen LogP contribution in [0.25, 0.3) is 11.4 Å². The number of nitrogens with zero attached hydrogens (tertiary/aromatic N) is 6. The highest BCUT2D eigenvalue weighted by atomic mass is 19.1. The summed E-state index contributed by atoms with van der Waals surface area (Å²) in [6, 6.07) is 6.37. The zero-order valence-electron chi connectivity index (χ0n) is 14.5. The van der Waals surface area contributed by atoms with Gasteiger partial charge in [-0.2, -0.15) is 4.98 Å². The molecule has 0 radical (unpaired) electrons. The molecule has 0 aliphatic carbocycles. The number of hydrogen-bond acceptors (Lipinski definition) is 7. The van der Waals surface area contributed by atoms with Gasteiger partial charge in [-0.25, -0.2) is 4.39 Å². The summed E-state index contributed by atoms with van der Waals surface area (Å²) >= 11 is 0. The van der Waals surface area contributed by atoms with Gasteiger partial charge in [0.1, 0.15) is 5.82 Å². The number of ether oxygens (including phenoxy) is 1. The van der Waals surface area contributed by atoms with Gasteiger partial charge >= 0.3 is 0 Å². The Kier molecular flexibility index (Phi) is 4.48. The quantitative estimate of drug-likeness (QED) is 0.685. The zero-order valence-corrected chi connectivity index (χ0v) is 14.5. The van der Waals surface area contributed by atoms with Gasteiger partial charge in [-0.05, 0) is 12.1 Å². The van der Waals surface area contributed by atoms with Crippen molar-refractivity contribution in [3.63, 3.8) is 0 Å². The molecule has 0 bridgehead atoms. The van der Waals surface area contributed by atoms with Crippen LogP contribution in [0.1, 0.15) is 17.5 Å². The minimum Gasteiger partial charge on any atom is -0.379 e. The highest BCUT2D eigenvalue weighted by Crippen LogP contribution is 2.29. The highest BCUT2D eigenvalue weighted by molar-refractivity contribution is 5.54. The maximum Gasteiger partial charge on any atom is 0.241 e. The van der Waals surface area contributed by atoms with Gasteiger partial charge in [-0.15, -0.1) is 5.10 Å². The number of rotatable bonds is 5. The molecule has 1 aliphatic heterocycles. The van der Waals surface area contributed by atoms with Crippen molar-refractivity contribution in [2.45, 2.75) is 18.6 Å². The highest BCUT2D eigenvalue weighted by Gasteiger charge is 2.36. The molecule has 0 saturated carbocycles. The monoisotopic (exact) mass is 358 g/mol. The first-order chi connectivity index (χ1) is 12.6. The SMILES string of the molecule is CO[C@@H]1CN(Cc2nc(-c3ccccc3F)no2)C[C@H]1c1cn(C)nn1. The van der Waals surface area contributed by atoms with Crippen molar-refractivity contribution in [3.05, 3.63) is 47.9 Å². The molecule has 1 saturated heterocycles. The first-order valence-corrected chi connectivity index (χ1v) is 8.33. The van der Waals surface area contributed by atoms with E-state index in [1.807, 2.05) is 13.2 Å². The van der Waals surface area contributed by atoms with Crippen LogP contribution in [0.3, 0.4) is 0 Å². The van der Waals surface area contributed by atoms with Gasteiger partial charge in [0.25, 0.3) is 0 Å². The summed E-state index contributed by atoms with van der Waals surface area (Å²) < 4.78 is 26.5. The van der Waals surface area contributed by atoms with Crippen LogP contribution in [0.4, 0.5) is 4.39 Å². The van der Waals surface area contributed by atoms with E-state index in [1.165, 1.54) is 6.07 Å². The Morgan fingerprint density at radius 3 is 2.88 bits per heavy atom. The van der Waals surface area contributed by atoms with Crippen LogP contribution in [-0.2, 0) is 18.3 Å². The summed E-state index contributed by atoms with van der Waals surface area (Å²) in [5.41, 5.74) is 1.23. The largest absolute Gasteiger partial charge is 0.379 e. The van der Waals surface area contributed by atoms with Crippen LogP contribution in [0.2, 0.25) is 0 Å². The maximum atomic E-state index is 13.9. The lowest BCUT2D eigenvalue weighted by Crippen LogP contribution is -2.22. The van der Waals surface area contributed by atoms with Crippen molar-refractivity contribution in [3.8, 4) is 11.4 Å². The second-order valence-electron chi connectivity index (χ2n) is 6.38. The molecule has 0 N–H and O–H groups in total. The van der Waals surface area contributed by atoms with Crippen LogP contribution in [0, 0.1) is 5.82 Å². The van der Waals surface area contributed by atoms with Gasteiger partial charge < -0.3 is 9.26 Å². The summed E-state index contributed by atoms with van der Waals surface area (Å²) in [7, 11) is 3.54. The van der Waals surface area contributed by atoms with Crippen molar-refractivity contribution < 1.29 is 13.7 Å². The molecular formula is C17H19FN6O2. The second kappa shape index (κ2) is 6.93. The van der Waals surface area contributed by atoms with E-state index in [-0.39, 0.29) is 23.7 Å². The zero-order chi connectivity index (χ0) is 18.1. The van der Waals surface area contributed by atoms with Crippen LogP contribution < -0.4 is 0 Å². The molecule has 1 aliphatic rings. The Balaban J connectivity index is 1.47. The third-order valence-corrected chi connectivity index (χ3v) is 4.59. The second-order valence-corrected chi connectivity index (χ2v) is 6.38. The van der Waals surface area contributed by atoms with E-state index in [0.717, 1.165) is 18.8 Å². The van der Waals surface area contributed by atoms with Crippen LogP contribution in [-0.4, -0.2) is 56.3 Å². The molecule has 2 atom stereocenters. The minimum absolute atomic E-state index is 0.0145. The fourth-order valence-electron chi connectivity index (χ4n) is 3.30. The normalized spacial score (nSPS) is 20.7. The van der Waals surface area contributed by atoms with Gasteiger partial charge in [-0.1, -0.05) is 22.5 Å². The van der Waals surface area contributed by atoms with Gasteiger partial charge in [0.05, 0.1) is 23.9 Å². The van der Waals surface area contributed by atoms with Gasteiger partial charge in [-0.3, -0.25) is 9.58 Å². The molecular weight excluding hydrogens is 339 g/mol. The molecule has 8 nitrogen and oxygen atoms in total. The number of aromatic nitrogens is 5. The number of benzene rings is 1. The molecule has 26 heavy (non-hydrogen) atoms. The Morgan fingerprint density at radius 1 is 1.31 bits per heavy atom. The summed E-state index contributed by atoms with van der Waals surface area (Å²) in [5.74, 6) is 0.454. The lowest BCUT2D eigenvalue weighted by atomic mass is 10.0. The van der Waals surface area contributed by atoms with Gasteiger partial charge in [0.2, 0.25) is 11.7 Å². The molecule has 3 heterocycles. The smallest absolute Gasteiger partial charge is 0.241 e. The molecule has 0 amide bonds. The van der Waals surface area contributed by atoms with Crippen molar-refractivity contribution in [1.82, 2.24) is 30.0 Å². The summed E-state index contributed by atoms with van der Waals surface area (Å²) in [5, 5.41) is 12.1. The fourth-order valence-corrected chi connectivity index (χ4v) is 3.30. The lowest BCUT2D eigenvalue weighted by Gasteiger charge is -2.13. The Hall–Kier alpha value is -2.65. The lowest BCUT2D eigenvalue weighted by molar-refractivity contribution is 0.0946. The van der Waals surface area contributed by atoms with E-state index < -0.39 is 0 Å². The number of hydrogen-bond donors (Lipinski definition) is 0. The molecule has 136 valence electrons. The average Bonchev–Trinajstić information content (AvgIpc) is 3.35. The van der Waals surface area contributed by atoms with Crippen LogP contribution in [0.5, 0.6) is 0 Å². The van der Waals surface area contributed by atoms with Crippen molar-refractivity contribution in [2.75, 3.05) is 20.2 Å². The molecule has 0 spiro atoms. The van der Waals surface area contributed by atoms with Crippen molar-refractivity contribution in [2.24, 2.45) is 7.05 Å². The molecule has 2 aromatic heterocycles. The number of likely N-dealkylation sites (tertiary alicyclic amines) is 1. The Morgan fingerprint density at radius 2 is 2.15 bits per heavy atom. The van der Waals surface area contributed by atoms with E-state index in [4.69, 9.17) is 9.26 Å². The average molecular weight is 358 g/mol. The molecule has 9 heteroatoms. The van der Waals surface area contributed by atoms with E-state index in [2.05, 4.69) is 25.4 Å². The molecule has 3 aromatic rings. The molecule has 4 rings (SSSR count). The minimum atomic E-state index is -0.372. The summed E-state index contributed by atoms with van der Waals surface area (Å²) in [4.78, 5) is 6.48. The van der Waals surface area contributed by atoms with Crippen molar-refractivity contribution in [1.29, 1.82) is 0 Å². The Labute approximate surface area is 149 Å². The number of methoxy groups -OCH3 is 1. The van der Waals surface area contributed by atoms with E-state index >= 15 is 0 Å². The predicted octanol–water partition coefficient (Wildman–Crippen LogP) is 1.62. The van der Waals surface area contributed by atoms with E-state index in [0.29, 0.717) is 18.0 Å². The van der Waals surface area contributed by atoms with Crippen LogP contribution >= 0.6 is 0 Å². The number of aryl methyl sites for hydroxylation is 1. The standard InChI is InChI=1S/C17H19FN6O2/c1-23-8-14(20-22-23)12-7-24(9-15(12)25-2)10-16-19-17(21-26-16)11-5-3-4-6-13(11)18/h3-6,8,12,15H,7,9-10H2,1-2H3/t12-,15+/m0/s1. The third kappa shape index (κ3) is 3.23. The fraction of sp³-hybridized carbons (Fsp3) is 0.412. The Bertz CT molecular complexity index is 895. The van der Waals surface area contributed by atoms with E-state index in [1.54, 1.807) is 30.0 Å².